The Kier molecular flexibility index (Phi) is 3.88. The average Bonchev–Trinajstić information content (AvgIpc) is 2.97. The molecule has 1 aliphatic carbocycles. The molecule has 20 heavy (non-hydrogen) atoms. The van der Waals surface area contributed by atoms with Gasteiger partial charge in [0.05, 0.1) is 5.52 Å². The van der Waals surface area contributed by atoms with E-state index in [-0.39, 0.29) is 5.91 Å². The maximum absolute atomic E-state index is 12.2. The molecular formula is C16H17ClN2O. The molecule has 0 unspecified atom stereocenters. The maximum Gasteiger partial charge on any atom is 0.251 e. The molecule has 0 spiro atoms. The van der Waals surface area contributed by atoms with Gasteiger partial charge in [-0.2, -0.15) is 0 Å². The Morgan fingerprint density at radius 3 is 2.85 bits per heavy atom. The lowest BCUT2D eigenvalue weighted by atomic mass is 10.1. The molecular weight excluding hydrogens is 272 g/mol. The van der Waals surface area contributed by atoms with Crippen molar-refractivity contribution in [1.29, 1.82) is 0 Å². The van der Waals surface area contributed by atoms with Gasteiger partial charge in [0.2, 0.25) is 0 Å². The number of halogens is 1. The van der Waals surface area contributed by atoms with Crippen molar-refractivity contribution in [3.63, 3.8) is 0 Å². The van der Waals surface area contributed by atoms with Gasteiger partial charge in [-0.25, -0.2) is 4.98 Å². The molecule has 1 saturated carbocycles. The van der Waals surface area contributed by atoms with Crippen LogP contribution in [0.5, 0.6) is 0 Å². The zero-order valence-corrected chi connectivity index (χ0v) is 12.0. The number of hydrogen-bond donors (Lipinski definition) is 1. The molecule has 0 saturated heterocycles. The number of fused-ring (bicyclic) bond motifs is 1. The number of benzene rings is 1. The first-order valence-corrected chi connectivity index (χ1v) is 7.45. The molecule has 0 aliphatic heterocycles. The molecule has 1 aromatic heterocycles. The van der Waals surface area contributed by atoms with E-state index in [1.165, 1.54) is 25.7 Å². The number of amides is 1. The summed E-state index contributed by atoms with van der Waals surface area (Å²) < 4.78 is 0. The molecule has 1 heterocycles. The Labute approximate surface area is 123 Å². The van der Waals surface area contributed by atoms with Crippen molar-refractivity contribution in [1.82, 2.24) is 10.3 Å². The minimum absolute atomic E-state index is 0.00579. The Morgan fingerprint density at radius 1 is 1.25 bits per heavy atom. The van der Waals surface area contributed by atoms with Crippen molar-refractivity contribution in [2.75, 3.05) is 6.54 Å². The summed E-state index contributed by atoms with van der Waals surface area (Å²) in [6.07, 6.45) is 5.06. The zero-order valence-electron chi connectivity index (χ0n) is 11.2. The van der Waals surface area contributed by atoms with E-state index in [1.54, 1.807) is 12.1 Å². The SMILES string of the molecule is O=C(NCC1CCCC1)c1ccc2nc(Cl)ccc2c1. The standard InChI is InChI=1S/C16H17ClN2O/c17-15-8-6-12-9-13(5-7-14(12)19-15)16(20)18-10-11-3-1-2-4-11/h5-9,11H,1-4,10H2,(H,18,20). The van der Waals surface area contributed by atoms with Crippen molar-refractivity contribution in [3.8, 4) is 0 Å². The van der Waals surface area contributed by atoms with Gasteiger partial charge in [-0.15, -0.1) is 0 Å². The second-order valence-electron chi connectivity index (χ2n) is 5.40. The van der Waals surface area contributed by atoms with Gasteiger partial charge >= 0.3 is 0 Å². The van der Waals surface area contributed by atoms with Gasteiger partial charge in [0.25, 0.3) is 5.91 Å². The number of nitrogens with one attached hydrogen (secondary N) is 1. The normalized spacial score (nSPS) is 15.7. The van der Waals surface area contributed by atoms with E-state index in [2.05, 4.69) is 10.3 Å². The number of carbonyl (C=O) groups is 1. The van der Waals surface area contributed by atoms with Gasteiger partial charge in [0.15, 0.2) is 0 Å². The third-order valence-corrected chi connectivity index (χ3v) is 4.15. The summed E-state index contributed by atoms with van der Waals surface area (Å²) in [5.41, 5.74) is 1.49. The fourth-order valence-corrected chi connectivity index (χ4v) is 2.95. The minimum Gasteiger partial charge on any atom is -0.352 e. The van der Waals surface area contributed by atoms with E-state index in [9.17, 15) is 4.79 Å². The van der Waals surface area contributed by atoms with Crippen LogP contribution in [0.4, 0.5) is 0 Å². The Bertz CT molecular complexity index is 635. The molecule has 1 amide bonds. The first kappa shape index (κ1) is 13.4. The molecule has 1 fully saturated rings. The van der Waals surface area contributed by atoms with Gasteiger partial charge in [-0.1, -0.05) is 24.4 Å². The third kappa shape index (κ3) is 2.93. The summed E-state index contributed by atoms with van der Waals surface area (Å²) in [6, 6.07) is 9.13. The second kappa shape index (κ2) is 5.80. The fourth-order valence-electron chi connectivity index (χ4n) is 2.80. The lowest BCUT2D eigenvalue weighted by molar-refractivity contribution is 0.0947. The number of nitrogens with zero attached hydrogens (tertiary/aromatic N) is 1. The van der Waals surface area contributed by atoms with E-state index in [0.717, 1.165) is 17.4 Å². The number of aromatic nitrogens is 1. The zero-order chi connectivity index (χ0) is 13.9. The van der Waals surface area contributed by atoms with E-state index in [4.69, 9.17) is 11.6 Å². The summed E-state index contributed by atoms with van der Waals surface area (Å²) in [7, 11) is 0. The summed E-state index contributed by atoms with van der Waals surface area (Å²) in [5.74, 6) is 0.647. The maximum atomic E-state index is 12.2. The molecule has 1 aromatic carbocycles. The molecule has 3 rings (SSSR count). The van der Waals surface area contributed by atoms with Gasteiger partial charge in [-0.3, -0.25) is 4.79 Å². The van der Waals surface area contributed by atoms with Gasteiger partial charge < -0.3 is 5.32 Å². The lowest BCUT2D eigenvalue weighted by Crippen LogP contribution is -2.28. The van der Waals surface area contributed by atoms with Crippen molar-refractivity contribution in [2.24, 2.45) is 5.92 Å². The largest absolute Gasteiger partial charge is 0.352 e. The van der Waals surface area contributed by atoms with E-state index in [0.29, 0.717) is 16.6 Å². The van der Waals surface area contributed by atoms with Crippen LogP contribution < -0.4 is 5.32 Å². The second-order valence-corrected chi connectivity index (χ2v) is 5.79. The number of hydrogen-bond acceptors (Lipinski definition) is 2. The number of pyridine rings is 1. The lowest BCUT2D eigenvalue weighted by Gasteiger charge is -2.11. The summed E-state index contributed by atoms with van der Waals surface area (Å²) in [5, 5.41) is 4.43. The molecule has 1 aliphatic rings. The van der Waals surface area contributed by atoms with Crippen LogP contribution in [0.3, 0.4) is 0 Å². The van der Waals surface area contributed by atoms with Crippen LogP contribution in [0, 0.1) is 5.92 Å². The molecule has 3 nitrogen and oxygen atoms in total. The molecule has 4 heteroatoms. The predicted molar refractivity (Wildman–Crippen MR) is 81.0 cm³/mol. The van der Waals surface area contributed by atoms with Crippen molar-refractivity contribution in [2.45, 2.75) is 25.7 Å². The van der Waals surface area contributed by atoms with Crippen LogP contribution in [0.25, 0.3) is 10.9 Å². The van der Waals surface area contributed by atoms with Gasteiger partial charge in [0, 0.05) is 17.5 Å². The first-order valence-electron chi connectivity index (χ1n) is 7.07. The third-order valence-electron chi connectivity index (χ3n) is 3.94. The summed E-state index contributed by atoms with van der Waals surface area (Å²) in [6.45, 7) is 0.787. The van der Waals surface area contributed by atoms with Crippen LogP contribution in [-0.2, 0) is 0 Å². The molecule has 0 bridgehead atoms. The van der Waals surface area contributed by atoms with Crippen LogP contribution in [-0.4, -0.2) is 17.4 Å². The fraction of sp³-hybridized carbons (Fsp3) is 0.375. The minimum atomic E-state index is -0.00579. The highest BCUT2D eigenvalue weighted by Gasteiger charge is 2.16. The Hall–Kier alpha value is -1.61. The number of carbonyl (C=O) groups excluding carboxylic acids is 1. The van der Waals surface area contributed by atoms with E-state index >= 15 is 0 Å². The van der Waals surface area contributed by atoms with Crippen molar-refractivity contribution >= 4 is 28.4 Å². The molecule has 1 N–H and O–H groups in total. The smallest absolute Gasteiger partial charge is 0.251 e. The van der Waals surface area contributed by atoms with Crippen LogP contribution in [0.1, 0.15) is 36.0 Å². The van der Waals surface area contributed by atoms with Gasteiger partial charge in [-0.05, 0) is 49.1 Å². The van der Waals surface area contributed by atoms with Crippen molar-refractivity contribution < 1.29 is 4.79 Å². The van der Waals surface area contributed by atoms with E-state index < -0.39 is 0 Å². The monoisotopic (exact) mass is 288 g/mol. The molecule has 0 radical (unpaired) electrons. The topological polar surface area (TPSA) is 42.0 Å². The highest BCUT2D eigenvalue weighted by atomic mass is 35.5. The Morgan fingerprint density at radius 2 is 2.05 bits per heavy atom. The van der Waals surface area contributed by atoms with Gasteiger partial charge in [0.1, 0.15) is 5.15 Å². The highest BCUT2D eigenvalue weighted by molar-refractivity contribution is 6.29. The summed E-state index contributed by atoms with van der Waals surface area (Å²) in [4.78, 5) is 16.4. The number of rotatable bonds is 3. The predicted octanol–water partition coefficient (Wildman–Crippen LogP) is 3.81. The summed E-state index contributed by atoms with van der Waals surface area (Å²) >= 11 is 5.85. The Balaban J connectivity index is 1.72. The quantitative estimate of drug-likeness (QED) is 0.873. The molecule has 104 valence electrons. The average molecular weight is 289 g/mol. The highest BCUT2D eigenvalue weighted by Crippen LogP contribution is 2.24. The van der Waals surface area contributed by atoms with Crippen molar-refractivity contribution in [3.05, 3.63) is 41.0 Å². The van der Waals surface area contributed by atoms with Crippen LogP contribution >= 0.6 is 11.6 Å². The van der Waals surface area contributed by atoms with Crippen LogP contribution in [0.15, 0.2) is 30.3 Å². The van der Waals surface area contributed by atoms with Crippen LogP contribution in [0.2, 0.25) is 5.15 Å². The molecule has 2 aromatic rings. The first-order chi connectivity index (χ1) is 9.72. The molecule has 0 atom stereocenters. The van der Waals surface area contributed by atoms with E-state index in [1.807, 2.05) is 18.2 Å².